The van der Waals surface area contributed by atoms with Crippen LogP contribution >= 0.6 is 0 Å². The van der Waals surface area contributed by atoms with Crippen LogP contribution in [0.15, 0.2) is 61.3 Å². The molecule has 10 heteroatoms. The van der Waals surface area contributed by atoms with Gasteiger partial charge in [0.25, 0.3) is 0 Å². The summed E-state index contributed by atoms with van der Waals surface area (Å²) in [5.74, 6) is -1.38. The molecule has 2 aromatic heterocycles. The van der Waals surface area contributed by atoms with Crippen molar-refractivity contribution < 1.29 is 13.5 Å². The van der Waals surface area contributed by atoms with Crippen molar-refractivity contribution in [2.45, 2.75) is 46.6 Å². The van der Waals surface area contributed by atoms with Crippen molar-refractivity contribution in [3.63, 3.8) is 0 Å². The topological polar surface area (TPSA) is 101 Å². The van der Waals surface area contributed by atoms with Gasteiger partial charge in [0.2, 0.25) is 0 Å². The van der Waals surface area contributed by atoms with Crippen LogP contribution in [0.1, 0.15) is 38.2 Å². The van der Waals surface area contributed by atoms with Crippen molar-refractivity contribution in [2.75, 3.05) is 0 Å². The molecule has 0 amide bonds. The molecule has 0 atom stereocenters. The number of hydrogen-bond donors (Lipinski definition) is 0. The van der Waals surface area contributed by atoms with Crippen LogP contribution in [0.2, 0.25) is 0 Å². The normalized spacial score (nSPS) is 11.5. The molecule has 2 aromatic carbocycles. The van der Waals surface area contributed by atoms with Crippen molar-refractivity contribution in [1.82, 2.24) is 18.9 Å². The molecule has 0 bridgehead atoms. The molecule has 2 heterocycles. The van der Waals surface area contributed by atoms with E-state index in [1.807, 2.05) is 30.3 Å². The number of benzene rings is 2. The van der Waals surface area contributed by atoms with Crippen molar-refractivity contribution in [3.05, 3.63) is 91.1 Å². The second-order valence-corrected chi connectivity index (χ2v) is 7.77. The average Bonchev–Trinajstić information content (AvgIpc) is 3.09. The maximum absolute atomic E-state index is 15.0. The molecule has 0 saturated heterocycles. The molecule has 0 radical (unpaired) electrons. The van der Waals surface area contributed by atoms with Gasteiger partial charge in [0.05, 0.1) is 17.5 Å². The summed E-state index contributed by atoms with van der Waals surface area (Å²) in [5.41, 5.74) is -0.562. The summed E-state index contributed by atoms with van der Waals surface area (Å²) < 4.78 is 29.0. The predicted octanol–water partition coefficient (Wildman–Crippen LogP) is 2.76. The van der Waals surface area contributed by atoms with Crippen LogP contribution in [0.5, 0.6) is 0 Å². The fourth-order valence-corrected chi connectivity index (χ4v) is 3.70. The van der Waals surface area contributed by atoms with Crippen LogP contribution < -0.4 is 17.1 Å². The van der Waals surface area contributed by atoms with Gasteiger partial charge in [0, 0.05) is 12.6 Å². The molecular weight excluding hydrogens is 431 g/mol. The fraction of sp³-hybridized carbons (Fsp3) is 0.304. The third-order valence-electron chi connectivity index (χ3n) is 5.26. The molecule has 0 aliphatic carbocycles. The first kappa shape index (κ1) is 22.4. The summed E-state index contributed by atoms with van der Waals surface area (Å²) in [4.78, 5) is 37.4. The number of rotatable bonds is 7. The Bertz CT molecular complexity index is 1480. The molecule has 0 spiro atoms. The zero-order valence-corrected chi connectivity index (χ0v) is 18.4. The SMILES string of the molecule is CCn1c(COCc2ccccc2)nn(-c2cc3c(cc2F)c(=O)oc(=O)n3C(C)C)c1=O. The molecule has 0 aliphatic rings. The Balaban J connectivity index is 1.78. The molecule has 4 rings (SSSR count). The van der Waals surface area contributed by atoms with Gasteiger partial charge in [0.15, 0.2) is 5.82 Å². The first-order valence-electron chi connectivity index (χ1n) is 10.5. The Morgan fingerprint density at radius 2 is 1.82 bits per heavy atom. The lowest BCUT2D eigenvalue weighted by atomic mass is 10.2. The Labute approximate surface area is 187 Å². The highest BCUT2D eigenvalue weighted by Gasteiger charge is 2.20. The van der Waals surface area contributed by atoms with Gasteiger partial charge in [-0.05, 0) is 38.5 Å². The van der Waals surface area contributed by atoms with Gasteiger partial charge in [-0.3, -0.25) is 9.13 Å². The quantitative estimate of drug-likeness (QED) is 0.426. The lowest BCUT2D eigenvalue weighted by Gasteiger charge is -2.13. The van der Waals surface area contributed by atoms with Crippen molar-refractivity contribution in [1.29, 1.82) is 0 Å². The highest BCUT2D eigenvalue weighted by atomic mass is 19.1. The molecule has 4 aromatic rings. The van der Waals surface area contributed by atoms with E-state index in [9.17, 15) is 14.4 Å². The van der Waals surface area contributed by atoms with Crippen molar-refractivity contribution in [2.24, 2.45) is 0 Å². The summed E-state index contributed by atoms with van der Waals surface area (Å²) in [5, 5.41) is 4.18. The van der Waals surface area contributed by atoms with Gasteiger partial charge >= 0.3 is 17.1 Å². The Kier molecular flexibility index (Phi) is 6.10. The van der Waals surface area contributed by atoms with Gasteiger partial charge < -0.3 is 9.15 Å². The van der Waals surface area contributed by atoms with E-state index in [0.29, 0.717) is 19.0 Å². The summed E-state index contributed by atoms with van der Waals surface area (Å²) >= 11 is 0. The minimum atomic E-state index is -0.946. The number of nitrogens with zero attached hydrogens (tertiary/aromatic N) is 4. The molecule has 0 fully saturated rings. The first-order valence-corrected chi connectivity index (χ1v) is 10.5. The molecule has 33 heavy (non-hydrogen) atoms. The highest BCUT2D eigenvalue weighted by Crippen LogP contribution is 2.20. The van der Waals surface area contributed by atoms with Gasteiger partial charge in [-0.1, -0.05) is 30.3 Å². The van der Waals surface area contributed by atoms with E-state index in [2.05, 4.69) is 5.10 Å². The lowest BCUT2D eigenvalue weighted by Crippen LogP contribution is -2.28. The van der Waals surface area contributed by atoms with E-state index in [1.54, 1.807) is 20.8 Å². The Morgan fingerprint density at radius 1 is 1.09 bits per heavy atom. The van der Waals surface area contributed by atoms with Gasteiger partial charge in [-0.2, -0.15) is 4.68 Å². The smallest absolute Gasteiger partial charge is 0.372 e. The molecule has 0 unspecified atom stereocenters. The van der Waals surface area contributed by atoms with Crippen LogP contribution in [-0.4, -0.2) is 18.9 Å². The highest BCUT2D eigenvalue weighted by molar-refractivity contribution is 5.80. The third kappa shape index (κ3) is 4.17. The summed E-state index contributed by atoms with van der Waals surface area (Å²) in [6, 6.07) is 11.4. The van der Waals surface area contributed by atoms with E-state index in [1.165, 1.54) is 15.2 Å². The van der Waals surface area contributed by atoms with Crippen LogP contribution in [0.25, 0.3) is 16.6 Å². The summed E-state index contributed by atoms with van der Waals surface area (Å²) in [6.07, 6.45) is 0. The van der Waals surface area contributed by atoms with Crippen molar-refractivity contribution in [3.8, 4) is 5.69 Å². The Morgan fingerprint density at radius 3 is 2.48 bits per heavy atom. The largest absolute Gasteiger partial charge is 0.422 e. The van der Waals surface area contributed by atoms with Crippen LogP contribution in [0.3, 0.4) is 0 Å². The fourth-order valence-electron chi connectivity index (χ4n) is 3.70. The van der Waals surface area contributed by atoms with E-state index in [0.717, 1.165) is 16.3 Å². The third-order valence-corrected chi connectivity index (χ3v) is 5.26. The summed E-state index contributed by atoms with van der Waals surface area (Å²) in [6.45, 7) is 5.89. The average molecular weight is 454 g/mol. The molecule has 172 valence electrons. The zero-order valence-electron chi connectivity index (χ0n) is 18.4. The van der Waals surface area contributed by atoms with E-state index in [4.69, 9.17) is 9.15 Å². The van der Waals surface area contributed by atoms with Crippen LogP contribution in [-0.2, 0) is 24.5 Å². The molecule has 0 saturated carbocycles. The van der Waals surface area contributed by atoms with E-state index in [-0.39, 0.29) is 29.2 Å². The Hall–Kier alpha value is -3.79. The second kappa shape index (κ2) is 8.99. The number of halogens is 1. The monoisotopic (exact) mass is 454 g/mol. The molecular formula is C23H23FN4O5. The number of fused-ring (bicyclic) bond motifs is 1. The summed E-state index contributed by atoms with van der Waals surface area (Å²) in [7, 11) is 0. The van der Waals surface area contributed by atoms with Crippen LogP contribution in [0, 0.1) is 5.82 Å². The minimum absolute atomic E-state index is 0.0421. The zero-order chi connectivity index (χ0) is 23.7. The maximum Gasteiger partial charge on any atom is 0.422 e. The number of hydrogen-bond acceptors (Lipinski definition) is 6. The number of aromatic nitrogens is 4. The standard InChI is InChI=1S/C23H23FN4O5/c1-4-26-20(13-32-12-15-8-6-5-7-9-15)25-28(22(26)30)19-11-18-16(10-17(19)24)21(29)33-23(31)27(18)14(2)3/h5-11,14H,4,12-13H2,1-3H3. The molecule has 0 aliphatic heterocycles. The van der Waals surface area contributed by atoms with Gasteiger partial charge in [-0.15, -0.1) is 5.10 Å². The maximum atomic E-state index is 15.0. The van der Waals surface area contributed by atoms with E-state index >= 15 is 4.39 Å². The molecule has 0 N–H and O–H groups in total. The molecule has 9 nitrogen and oxygen atoms in total. The first-order chi connectivity index (χ1) is 15.8. The minimum Gasteiger partial charge on any atom is -0.372 e. The van der Waals surface area contributed by atoms with Gasteiger partial charge in [-0.25, -0.2) is 18.8 Å². The predicted molar refractivity (Wildman–Crippen MR) is 119 cm³/mol. The lowest BCUT2D eigenvalue weighted by molar-refractivity contribution is 0.0989. The van der Waals surface area contributed by atoms with Gasteiger partial charge in [0.1, 0.15) is 18.1 Å². The second-order valence-electron chi connectivity index (χ2n) is 7.77. The van der Waals surface area contributed by atoms with Crippen molar-refractivity contribution >= 4 is 10.9 Å². The van der Waals surface area contributed by atoms with E-state index < -0.39 is 22.9 Å². The van der Waals surface area contributed by atoms with Crippen LogP contribution in [0.4, 0.5) is 4.39 Å². The number of ether oxygens (including phenoxy) is 1.